The topological polar surface area (TPSA) is 72.8 Å². The highest BCUT2D eigenvalue weighted by molar-refractivity contribution is 5.75. The van der Waals surface area contributed by atoms with Gasteiger partial charge in [-0.25, -0.2) is 0 Å². The van der Waals surface area contributed by atoms with Crippen LogP contribution >= 0.6 is 0 Å². The largest absolute Gasteiger partial charge is 0.508 e. The Kier molecular flexibility index (Phi) is 4.48. The number of carbonyl (C=O) groups excluding carboxylic acids is 2. The number of aliphatic hydroxyl groups excluding tert-OH is 1. The maximum Gasteiger partial charge on any atom is 0.308 e. The molecule has 0 heterocycles. The Morgan fingerprint density at radius 2 is 1.67 bits per heavy atom. The molecule has 0 radical (unpaired) electrons. The van der Waals surface area contributed by atoms with Gasteiger partial charge in [0, 0.05) is 19.4 Å². The van der Waals surface area contributed by atoms with Crippen LogP contribution in [0.3, 0.4) is 0 Å². The maximum atomic E-state index is 11.0. The smallest absolute Gasteiger partial charge is 0.308 e. The molecule has 0 aliphatic carbocycles. The van der Waals surface area contributed by atoms with Gasteiger partial charge in [-0.05, 0) is 31.2 Å². The number of aliphatic hydroxyl groups is 1. The molecule has 0 spiro atoms. The van der Waals surface area contributed by atoms with Crippen LogP contribution in [0.5, 0.6) is 11.5 Å². The van der Waals surface area contributed by atoms with Crippen LogP contribution in [0.4, 0.5) is 0 Å². The van der Waals surface area contributed by atoms with Crippen molar-refractivity contribution in [2.24, 2.45) is 0 Å². The van der Waals surface area contributed by atoms with Crippen molar-refractivity contribution in [1.29, 1.82) is 0 Å². The highest BCUT2D eigenvalue weighted by Gasteiger charge is 2.12. The fourth-order valence-corrected chi connectivity index (χ4v) is 1.31. The molecule has 18 heavy (non-hydrogen) atoms. The van der Waals surface area contributed by atoms with Crippen LogP contribution in [0.15, 0.2) is 24.3 Å². The molecule has 5 nitrogen and oxygen atoms in total. The predicted octanol–water partition coefficient (Wildman–Crippen LogP) is 2.46. The minimum Gasteiger partial charge on any atom is -0.508 e. The first kappa shape index (κ1) is 13.8. The molecule has 0 aliphatic heterocycles. The average Bonchev–Trinajstić information content (AvgIpc) is 2.29. The summed E-state index contributed by atoms with van der Waals surface area (Å²) >= 11 is 0. The van der Waals surface area contributed by atoms with Gasteiger partial charge in [-0.2, -0.15) is 0 Å². The van der Waals surface area contributed by atoms with Crippen LogP contribution in [0, 0.1) is 0 Å². The molecule has 0 atom stereocenters. The van der Waals surface area contributed by atoms with Gasteiger partial charge in [-0.15, -0.1) is 0 Å². The first-order valence-corrected chi connectivity index (χ1v) is 5.30. The van der Waals surface area contributed by atoms with Crippen molar-refractivity contribution in [3.8, 4) is 11.5 Å². The van der Waals surface area contributed by atoms with Gasteiger partial charge in [0.15, 0.2) is 11.5 Å². The van der Waals surface area contributed by atoms with Crippen LogP contribution in [0.1, 0.15) is 26.3 Å². The lowest BCUT2D eigenvalue weighted by molar-refractivity contribution is -0.134. The van der Waals surface area contributed by atoms with Crippen molar-refractivity contribution in [3.63, 3.8) is 0 Å². The van der Waals surface area contributed by atoms with Gasteiger partial charge in [0.05, 0.1) is 0 Å². The van der Waals surface area contributed by atoms with E-state index >= 15 is 0 Å². The van der Waals surface area contributed by atoms with Crippen LogP contribution < -0.4 is 9.47 Å². The van der Waals surface area contributed by atoms with Gasteiger partial charge in [0.25, 0.3) is 0 Å². The minimum atomic E-state index is -0.541. The van der Waals surface area contributed by atoms with Gasteiger partial charge >= 0.3 is 11.9 Å². The van der Waals surface area contributed by atoms with Crippen molar-refractivity contribution < 1.29 is 24.2 Å². The monoisotopic (exact) mass is 250 g/mol. The normalized spacial score (nSPS) is 10.9. The summed E-state index contributed by atoms with van der Waals surface area (Å²) in [5.41, 5.74) is 0.463. The third kappa shape index (κ3) is 3.62. The molecule has 0 saturated heterocycles. The zero-order valence-corrected chi connectivity index (χ0v) is 10.4. The molecular formula is C13H14O5. The Labute approximate surface area is 105 Å². The third-order valence-electron chi connectivity index (χ3n) is 2.02. The van der Waals surface area contributed by atoms with Crippen molar-refractivity contribution in [2.75, 3.05) is 0 Å². The molecular weight excluding hydrogens is 236 g/mol. The Bertz CT molecular complexity index is 502. The van der Waals surface area contributed by atoms with Crippen LogP contribution in [-0.2, 0) is 9.59 Å². The number of carbonyl (C=O) groups is 2. The standard InChI is InChI=1S/C13H14O5/c1-4-11(16)10-5-6-12(17-8(2)14)13(7-10)18-9(3)15/h4-7,16H,1-3H3. The second kappa shape index (κ2) is 5.86. The SMILES string of the molecule is CC=C(O)c1ccc(OC(C)=O)c(OC(C)=O)c1. The number of rotatable bonds is 3. The maximum absolute atomic E-state index is 11.0. The number of benzene rings is 1. The molecule has 0 unspecified atom stereocenters. The van der Waals surface area contributed by atoms with Crippen molar-refractivity contribution in [3.05, 3.63) is 29.8 Å². The summed E-state index contributed by atoms with van der Waals surface area (Å²) in [5, 5.41) is 9.57. The molecule has 0 fully saturated rings. The molecule has 1 N–H and O–H groups in total. The van der Waals surface area contributed by atoms with Gasteiger partial charge in [0.2, 0.25) is 0 Å². The molecule has 5 heteroatoms. The Morgan fingerprint density at radius 1 is 1.11 bits per heavy atom. The van der Waals surface area contributed by atoms with E-state index in [1.54, 1.807) is 13.0 Å². The van der Waals surface area contributed by atoms with E-state index in [2.05, 4.69) is 0 Å². The van der Waals surface area contributed by atoms with Crippen molar-refractivity contribution in [2.45, 2.75) is 20.8 Å². The quantitative estimate of drug-likeness (QED) is 0.506. The third-order valence-corrected chi connectivity index (χ3v) is 2.02. The Balaban J connectivity index is 3.19. The van der Waals surface area contributed by atoms with E-state index in [-0.39, 0.29) is 17.3 Å². The van der Waals surface area contributed by atoms with E-state index in [4.69, 9.17) is 9.47 Å². The fourth-order valence-electron chi connectivity index (χ4n) is 1.31. The molecule has 0 amide bonds. The van der Waals surface area contributed by atoms with E-state index < -0.39 is 11.9 Å². The number of esters is 2. The number of allylic oxidation sites excluding steroid dienone is 1. The molecule has 0 aromatic heterocycles. The number of ether oxygens (including phenoxy) is 2. The first-order valence-electron chi connectivity index (χ1n) is 5.30. The van der Waals surface area contributed by atoms with E-state index in [0.717, 1.165) is 0 Å². The summed E-state index contributed by atoms with van der Waals surface area (Å²) in [4.78, 5) is 21.9. The molecule has 0 aliphatic rings. The zero-order chi connectivity index (χ0) is 13.7. The van der Waals surface area contributed by atoms with Gasteiger partial charge in [0.1, 0.15) is 5.76 Å². The van der Waals surface area contributed by atoms with Gasteiger partial charge in [-0.3, -0.25) is 9.59 Å². The highest BCUT2D eigenvalue weighted by atomic mass is 16.6. The fraction of sp³-hybridized carbons (Fsp3) is 0.231. The average molecular weight is 250 g/mol. The minimum absolute atomic E-state index is 0.0396. The van der Waals surface area contributed by atoms with Crippen molar-refractivity contribution in [1.82, 2.24) is 0 Å². The molecule has 0 bridgehead atoms. The van der Waals surface area contributed by atoms with Gasteiger partial charge < -0.3 is 14.6 Å². The summed E-state index contributed by atoms with van der Waals surface area (Å²) < 4.78 is 9.82. The first-order chi connectivity index (χ1) is 8.43. The lowest BCUT2D eigenvalue weighted by atomic mass is 10.1. The van der Waals surface area contributed by atoms with Crippen LogP contribution in [0.25, 0.3) is 5.76 Å². The molecule has 1 aromatic rings. The predicted molar refractivity (Wildman–Crippen MR) is 65.3 cm³/mol. The summed E-state index contributed by atoms with van der Waals surface area (Å²) in [6.45, 7) is 4.15. The van der Waals surface area contributed by atoms with Gasteiger partial charge in [-0.1, -0.05) is 0 Å². The summed E-state index contributed by atoms with van der Waals surface area (Å²) in [6, 6.07) is 4.43. The second-order valence-electron chi connectivity index (χ2n) is 3.52. The number of hydrogen-bond acceptors (Lipinski definition) is 5. The molecule has 0 saturated carbocycles. The van der Waals surface area contributed by atoms with Crippen LogP contribution in [0.2, 0.25) is 0 Å². The molecule has 96 valence electrons. The summed E-state index contributed by atoms with van der Waals surface area (Å²) in [6.07, 6.45) is 1.50. The summed E-state index contributed by atoms with van der Waals surface area (Å²) in [5.74, 6) is -0.807. The van der Waals surface area contributed by atoms with Crippen molar-refractivity contribution >= 4 is 17.7 Å². The lowest BCUT2D eigenvalue weighted by Gasteiger charge is -2.10. The molecule has 1 aromatic carbocycles. The Hall–Kier alpha value is -2.30. The lowest BCUT2D eigenvalue weighted by Crippen LogP contribution is -2.07. The zero-order valence-electron chi connectivity index (χ0n) is 10.4. The number of hydrogen-bond donors (Lipinski definition) is 1. The van der Waals surface area contributed by atoms with E-state index in [0.29, 0.717) is 5.56 Å². The highest BCUT2D eigenvalue weighted by Crippen LogP contribution is 2.30. The van der Waals surface area contributed by atoms with E-state index in [9.17, 15) is 14.7 Å². The van der Waals surface area contributed by atoms with E-state index in [1.165, 1.54) is 32.1 Å². The van der Waals surface area contributed by atoms with E-state index in [1.807, 2.05) is 0 Å². The Morgan fingerprint density at radius 3 is 2.17 bits per heavy atom. The summed E-state index contributed by atoms with van der Waals surface area (Å²) in [7, 11) is 0. The van der Waals surface area contributed by atoms with Crippen LogP contribution in [-0.4, -0.2) is 17.0 Å². The second-order valence-corrected chi connectivity index (χ2v) is 3.52. The molecule has 1 rings (SSSR count).